The van der Waals surface area contributed by atoms with E-state index in [9.17, 15) is 4.79 Å². The fourth-order valence-corrected chi connectivity index (χ4v) is 1.73. The first-order valence-corrected chi connectivity index (χ1v) is 5.93. The van der Waals surface area contributed by atoms with Crippen LogP contribution in [0.15, 0.2) is 12.4 Å². The largest absolute Gasteiger partial charge is 0.350 e. The number of aryl methyl sites for hydroxylation is 2. The van der Waals surface area contributed by atoms with Crippen LogP contribution in [0.3, 0.4) is 0 Å². The molecule has 0 saturated carbocycles. The van der Waals surface area contributed by atoms with E-state index in [0.717, 1.165) is 11.3 Å². The van der Waals surface area contributed by atoms with Crippen molar-refractivity contribution < 1.29 is 4.79 Å². The van der Waals surface area contributed by atoms with Gasteiger partial charge in [0.05, 0.1) is 17.6 Å². The molecule has 2 heterocycles. The Bertz CT molecular complexity index is 571. The highest BCUT2D eigenvalue weighted by Gasteiger charge is 2.07. The summed E-state index contributed by atoms with van der Waals surface area (Å²) in [5.41, 5.74) is 7.99. The van der Waals surface area contributed by atoms with Crippen LogP contribution in [0.4, 0.5) is 0 Å². The van der Waals surface area contributed by atoms with Crippen LogP contribution in [0.1, 0.15) is 17.0 Å². The standard InChI is InChI=1S/C11H17N7O/c1-8-9(5-17(2)15-8)4-13-11(19)7-18-6-10(3-12)14-16-18/h5-6H,3-4,7,12H2,1-2H3,(H,13,19). The third kappa shape index (κ3) is 3.38. The van der Waals surface area contributed by atoms with Crippen molar-refractivity contribution in [3.63, 3.8) is 0 Å². The molecule has 8 heteroatoms. The number of nitrogens with zero attached hydrogens (tertiary/aromatic N) is 5. The van der Waals surface area contributed by atoms with Crippen LogP contribution in [0.5, 0.6) is 0 Å². The molecule has 0 radical (unpaired) electrons. The summed E-state index contributed by atoms with van der Waals surface area (Å²) >= 11 is 0. The number of carbonyl (C=O) groups is 1. The van der Waals surface area contributed by atoms with E-state index in [2.05, 4.69) is 20.7 Å². The highest BCUT2D eigenvalue weighted by Crippen LogP contribution is 2.03. The zero-order chi connectivity index (χ0) is 13.8. The molecule has 0 spiro atoms. The summed E-state index contributed by atoms with van der Waals surface area (Å²) in [4.78, 5) is 11.7. The van der Waals surface area contributed by atoms with Crippen molar-refractivity contribution in [1.82, 2.24) is 30.1 Å². The number of aromatic nitrogens is 5. The first-order chi connectivity index (χ1) is 9.08. The number of rotatable bonds is 5. The molecule has 0 aliphatic carbocycles. The van der Waals surface area contributed by atoms with Gasteiger partial charge in [-0.15, -0.1) is 5.10 Å². The second kappa shape index (κ2) is 5.61. The van der Waals surface area contributed by atoms with E-state index in [-0.39, 0.29) is 12.5 Å². The number of hydrogen-bond acceptors (Lipinski definition) is 5. The lowest BCUT2D eigenvalue weighted by Crippen LogP contribution is -2.27. The van der Waals surface area contributed by atoms with Crippen molar-refractivity contribution in [3.05, 3.63) is 29.3 Å². The second-order valence-corrected chi connectivity index (χ2v) is 4.30. The lowest BCUT2D eigenvalue weighted by Gasteiger charge is -2.03. The fraction of sp³-hybridized carbons (Fsp3) is 0.455. The molecular formula is C11H17N7O. The Hall–Kier alpha value is -2.22. The average molecular weight is 263 g/mol. The molecule has 0 aliphatic rings. The minimum atomic E-state index is -0.128. The van der Waals surface area contributed by atoms with Gasteiger partial charge < -0.3 is 11.1 Å². The molecule has 0 saturated heterocycles. The van der Waals surface area contributed by atoms with Crippen LogP contribution >= 0.6 is 0 Å². The Labute approximate surface area is 110 Å². The molecule has 2 aromatic rings. The van der Waals surface area contributed by atoms with Crippen molar-refractivity contribution >= 4 is 5.91 Å². The Kier molecular flexibility index (Phi) is 3.91. The number of amides is 1. The molecule has 2 rings (SSSR count). The van der Waals surface area contributed by atoms with Gasteiger partial charge in [0, 0.05) is 31.9 Å². The molecule has 3 N–H and O–H groups in total. The summed E-state index contributed by atoms with van der Waals surface area (Å²) in [6, 6.07) is 0. The van der Waals surface area contributed by atoms with Gasteiger partial charge in [0.2, 0.25) is 5.91 Å². The van der Waals surface area contributed by atoms with Gasteiger partial charge in [-0.05, 0) is 6.92 Å². The minimum Gasteiger partial charge on any atom is -0.350 e. The van der Waals surface area contributed by atoms with Crippen molar-refractivity contribution in [2.45, 2.75) is 26.6 Å². The monoisotopic (exact) mass is 263 g/mol. The number of hydrogen-bond donors (Lipinski definition) is 2. The van der Waals surface area contributed by atoms with Gasteiger partial charge in [0.15, 0.2) is 0 Å². The Morgan fingerprint density at radius 1 is 1.47 bits per heavy atom. The maximum absolute atomic E-state index is 11.7. The van der Waals surface area contributed by atoms with Crippen LogP contribution in [0.25, 0.3) is 0 Å². The van der Waals surface area contributed by atoms with E-state index in [4.69, 9.17) is 5.73 Å². The predicted molar refractivity (Wildman–Crippen MR) is 67.7 cm³/mol. The molecule has 0 atom stereocenters. The third-order valence-electron chi connectivity index (χ3n) is 2.69. The third-order valence-corrected chi connectivity index (χ3v) is 2.69. The number of carbonyl (C=O) groups excluding carboxylic acids is 1. The first kappa shape index (κ1) is 13.2. The second-order valence-electron chi connectivity index (χ2n) is 4.30. The first-order valence-electron chi connectivity index (χ1n) is 5.93. The van der Waals surface area contributed by atoms with Gasteiger partial charge in [-0.3, -0.25) is 9.48 Å². The van der Waals surface area contributed by atoms with Crippen LogP contribution in [0.2, 0.25) is 0 Å². The van der Waals surface area contributed by atoms with Crippen LogP contribution in [-0.4, -0.2) is 30.7 Å². The minimum absolute atomic E-state index is 0.128. The summed E-state index contributed by atoms with van der Waals surface area (Å²) in [5.74, 6) is -0.128. The lowest BCUT2D eigenvalue weighted by atomic mass is 10.2. The lowest BCUT2D eigenvalue weighted by molar-refractivity contribution is -0.122. The highest BCUT2D eigenvalue weighted by atomic mass is 16.2. The Morgan fingerprint density at radius 2 is 2.26 bits per heavy atom. The molecule has 1 amide bonds. The van der Waals surface area contributed by atoms with Gasteiger partial charge in [0.25, 0.3) is 0 Å². The van der Waals surface area contributed by atoms with Gasteiger partial charge in [0.1, 0.15) is 6.54 Å². The molecule has 102 valence electrons. The molecular weight excluding hydrogens is 246 g/mol. The summed E-state index contributed by atoms with van der Waals surface area (Å²) in [6.45, 7) is 2.81. The maximum Gasteiger partial charge on any atom is 0.242 e. The van der Waals surface area contributed by atoms with E-state index >= 15 is 0 Å². The van der Waals surface area contributed by atoms with Gasteiger partial charge in [-0.2, -0.15) is 5.10 Å². The van der Waals surface area contributed by atoms with Gasteiger partial charge in [-0.25, -0.2) is 4.68 Å². The van der Waals surface area contributed by atoms with Crippen molar-refractivity contribution in [2.24, 2.45) is 12.8 Å². The molecule has 0 aromatic carbocycles. The van der Waals surface area contributed by atoms with Crippen molar-refractivity contribution in [2.75, 3.05) is 0 Å². The number of nitrogens with two attached hydrogens (primary N) is 1. The molecule has 2 aromatic heterocycles. The van der Waals surface area contributed by atoms with E-state index in [1.54, 1.807) is 10.9 Å². The van der Waals surface area contributed by atoms with Crippen LogP contribution in [-0.2, 0) is 31.5 Å². The van der Waals surface area contributed by atoms with E-state index in [1.807, 2.05) is 20.2 Å². The Balaban J connectivity index is 1.86. The summed E-state index contributed by atoms with van der Waals surface area (Å²) in [7, 11) is 1.85. The van der Waals surface area contributed by atoms with Gasteiger partial charge in [-0.1, -0.05) is 5.21 Å². The highest BCUT2D eigenvalue weighted by molar-refractivity contribution is 5.75. The Morgan fingerprint density at radius 3 is 2.84 bits per heavy atom. The number of nitrogens with one attached hydrogen (secondary N) is 1. The van der Waals surface area contributed by atoms with Crippen LogP contribution in [0, 0.1) is 6.92 Å². The van der Waals surface area contributed by atoms with E-state index in [1.165, 1.54) is 4.68 Å². The summed E-state index contributed by atoms with van der Waals surface area (Å²) < 4.78 is 3.19. The zero-order valence-electron chi connectivity index (χ0n) is 11.0. The average Bonchev–Trinajstić information content (AvgIpc) is 2.93. The van der Waals surface area contributed by atoms with Gasteiger partial charge >= 0.3 is 0 Å². The summed E-state index contributed by atoms with van der Waals surface area (Å²) in [5, 5.41) is 14.7. The SMILES string of the molecule is Cc1nn(C)cc1CNC(=O)Cn1cc(CN)nn1. The normalized spacial score (nSPS) is 10.7. The molecule has 0 unspecified atom stereocenters. The molecule has 0 bridgehead atoms. The van der Waals surface area contributed by atoms with Crippen molar-refractivity contribution in [3.8, 4) is 0 Å². The molecule has 19 heavy (non-hydrogen) atoms. The summed E-state index contributed by atoms with van der Waals surface area (Å²) in [6.07, 6.45) is 3.55. The quantitative estimate of drug-likeness (QED) is 0.727. The van der Waals surface area contributed by atoms with Crippen molar-refractivity contribution in [1.29, 1.82) is 0 Å². The van der Waals surface area contributed by atoms with E-state index < -0.39 is 0 Å². The van der Waals surface area contributed by atoms with E-state index in [0.29, 0.717) is 18.8 Å². The smallest absolute Gasteiger partial charge is 0.242 e. The predicted octanol–water partition coefficient (Wildman–Crippen LogP) is -0.905. The van der Waals surface area contributed by atoms with Crippen LogP contribution < -0.4 is 11.1 Å². The zero-order valence-corrected chi connectivity index (χ0v) is 11.0. The topological polar surface area (TPSA) is 104 Å². The molecule has 0 fully saturated rings. The fourth-order valence-electron chi connectivity index (χ4n) is 1.73. The molecule has 0 aliphatic heterocycles. The maximum atomic E-state index is 11.7. The molecule has 8 nitrogen and oxygen atoms in total.